The first-order valence-corrected chi connectivity index (χ1v) is 13.4. The van der Waals surface area contributed by atoms with E-state index in [1.807, 2.05) is 31.2 Å². The van der Waals surface area contributed by atoms with Crippen LogP contribution >= 0.6 is 27.5 Å². The van der Waals surface area contributed by atoms with Crippen LogP contribution in [-0.2, 0) is 17.6 Å². The summed E-state index contributed by atoms with van der Waals surface area (Å²) in [4.78, 5) is 16.8. The Bertz CT molecular complexity index is 1310. The van der Waals surface area contributed by atoms with Gasteiger partial charge in [0.25, 0.3) is 5.91 Å². The van der Waals surface area contributed by atoms with Gasteiger partial charge in [0, 0.05) is 27.8 Å². The van der Waals surface area contributed by atoms with Crippen molar-refractivity contribution in [3.63, 3.8) is 0 Å². The third kappa shape index (κ3) is 3.80. The Morgan fingerprint density at radius 2 is 1.86 bits per heavy atom. The number of hydrogen-bond donors (Lipinski definition) is 0. The number of hydrogen-bond acceptors (Lipinski definition) is 3. The van der Waals surface area contributed by atoms with Crippen molar-refractivity contribution in [1.29, 1.82) is 0 Å². The fraction of sp³-hybridized carbons (Fsp3) is 0.310. The van der Waals surface area contributed by atoms with Crippen molar-refractivity contribution in [1.82, 2.24) is 0 Å². The van der Waals surface area contributed by atoms with Crippen molar-refractivity contribution in [3.8, 4) is 0 Å². The standard InChI is InChI=1S/C29H27BrClN3O/c1-19-29(28(35)34(32-19)25-10-8-24(31)9-11-25)18-22-17-23(30)7-12-26(22)33-14-13-21(16-27(29)33)15-20-5-3-2-4-6-20/h2-12,17,21,27H,13-16,18H2,1H3/t21-,27+,29-/m1/s1. The zero-order valence-corrected chi connectivity index (χ0v) is 22.0. The number of rotatable bonds is 3. The number of amides is 1. The van der Waals surface area contributed by atoms with E-state index in [4.69, 9.17) is 16.7 Å². The Balaban J connectivity index is 1.41. The highest BCUT2D eigenvalue weighted by atomic mass is 79.9. The van der Waals surface area contributed by atoms with Crippen LogP contribution in [-0.4, -0.2) is 24.2 Å². The van der Waals surface area contributed by atoms with E-state index in [2.05, 4.69) is 69.4 Å². The highest BCUT2D eigenvalue weighted by Crippen LogP contribution is 2.51. The van der Waals surface area contributed by atoms with E-state index in [1.54, 1.807) is 5.01 Å². The Morgan fingerprint density at radius 1 is 1.09 bits per heavy atom. The Labute approximate surface area is 219 Å². The molecule has 3 aliphatic heterocycles. The quantitative estimate of drug-likeness (QED) is 0.357. The highest BCUT2D eigenvalue weighted by molar-refractivity contribution is 9.10. The number of anilines is 2. The van der Waals surface area contributed by atoms with E-state index < -0.39 is 5.41 Å². The molecule has 1 fully saturated rings. The Kier molecular flexibility index (Phi) is 5.73. The Morgan fingerprint density at radius 3 is 2.63 bits per heavy atom. The van der Waals surface area contributed by atoms with Gasteiger partial charge in [0.2, 0.25) is 0 Å². The SMILES string of the molecule is CC1=NN(c2ccc(Cl)cc2)C(=O)[C@]12Cc1cc(Br)ccc1N1CC[C@H](Cc3ccccc3)C[C@H]12. The molecular weight excluding hydrogens is 522 g/mol. The number of nitrogens with zero attached hydrogens (tertiary/aromatic N) is 3. The van der Waals surface area contributed by atoms with Gasteiger partial charge in [0.1, 0.15) is 5.41 Å². The van der Waals surface area contributed by atoms with Gasteiger partial charge in [-0.25, -0.2) is 0 Å². The lowest BCUT2D eigenvalue weighted by atomic mass is 9.64. The maximum Gasteiger partial charge on any atom is 0.261 e. The van der Waals surface area contributed by atoms with Gasteiger partial charge >= 0.3 is 0 Å². The predicted octanol–water partition coefficient (Wildman–Crippen LogP) is 6.90. The molecule has 3 aromatic carbocycles. The number of hydrazone groups is 1. The van der Waals surface area contributed by atoms with Crippen molar-refractivity contribution in [3.05, 3.63) is 93.4 Å². The number of benzene rings is 3. The second kappa shape index (κ2) is 8.79. The molecule has 0 aromatic heterocycles. The molecule has 0 bridgehead atoms. The fourth-order valence-electron chi connectivity index (χ4n) is 6.29. The number of carbonyl (C=O) groups is 1. The molecule has 6 heteroatoms. The molecule has 1 amide bonds. The highest BCUT2D eigenvalue weighted by Gasteiger charge is 2.59. The lowest BCUT2D eigenvalue weighted by molar-refractivity contribution is -0.125. The summed E-state index contributed by atoms with van der Waals surface area (Å²) in [6.45, 7) is 2.98. The molecule has 0 N–H and O–H groups in total. The van der Waals surface area contributed by atoms with Crippen molar-refractivity contribution >= 4 is 50.5 Å². The summed E-state index contributed by atoms with van der Waals surface area (Å²) in [7, 11) is 0. The second-order valence-corrected chi connectivity index (χ2v) is 11.3. The number of fused-ring (bicyclic) bond motifs is 4. The minimum Gasteiger partial charge on any atom is -0.367 e. The third-order valence-corrected chi connectivity index (χ3v) is 8.75. The van der Waals surface area contributed by atoms with Crippen LogP contribution in [0.15, 0.2) is 82.4 Å². The first kappa shape index (κ1) is 22.8. The normalized spacial score (nSPS) is 25.5. The predicted molar refractivity (Wildman–Crippen MR) is 146 cm³/mol. The van der Waals surface area contributed by atoms with Gasteiger partial charge in [-0.2, -0.15) is 10.1 Å². The molecule has 0 unspecified atom stereocenters. The van der Waals surface area contributed by atoms with E-state index >= 15 is 0 Å². The summed E-state index contributed by atoms with van der Waals surface area (Å²) in [5, 5.41) is 7.11. The fourth-order valence-corrected chi connectivity index (χ4v) is 6.83. The summed E-state index contributed by atoms with van der Waals surface area (Å²) >= 11 is 9.77. The average molecular weight is 549 g/mol. The molecule has 35 heavy (non-hydrogen) atoms. The lowest BCUT2D eigenvalue weighted by Crippen LogP contribution is -2.62. The second-order valence-electron chi connectivity index (χ2n) is 9.99. The zero-order chi connectivity index (χ0) is 24.2. The average Bonchev–Trinajstić information content (AvgIpc) is 3.10. The molecule has 0 saturated carbocycles. The van der Waals surface area contributed by atoms with Crippen LogP contribution in [0, 0.1) is 11.3 Å². The molecule has 3 aliphatic rings. The van der Waals surface area contributed by atoms with Gasteiger partial charge in [-0.15, -0.1) is 0 Å². The monoisotopic (exact) mass is 547 g/mol. The number of halogens is 2. The lowest BCUT2D eigenvalue weighted by Gasteiger charge is -2.52. The van der Waals surface area contributed by atoms with Gasteiger partial charge in [0.05, 0.1) is 11.4 Å². The van der Waals surface area contributed by atoms with Crippen LogP contribution in [0.1, 0.15) is 30.9 Å². The van der Waals surface area contributed by atoms with Crippen molar-refractivity contribution in [2.75, 3.05) is 16.5 Å². The molecule has 1 spiro atoms. The van der Waals surface area contributed by atoms with E-state index in [-0.39, 0.29) is 11.9 Å². The molecule has 3 atom stereocenters. The van der Waals surface area contributed by atoms with Crippen molar-refractivity contribution in [2.24, 2.45) is 16.4 Å². The van der Waals surface area contributed by atoms with Crippen LogP contribution in [0.4, 0.5) is 11.4 Å². The van der Waals surface area contributed by atoms with Crippen molar-refractivity contribution < 1.29 is 4.79 Å². The number of carbonyl (C=O) groups excluding carboxylic acids is 1. The maximum absolute atomic E-state index is 14.3. The summed E-state index contributed by atoms with van der Waals surface area (Å²) < 4.78 is 1.04. The third-order valence-electron chi connectivity index (χ3n) is 8.01. The largest absolute Gasteiger partial charge is 0.367 e. The topological polar surface area (TPSA) is 35.9 Å². The van der Waals surface area contributed by atoms with Crippen LogP contribution in [0.25, 0.3) is 0 Å². The maximum atomic E-state index is 14.3. The van der Waals surface area contributed by atoms with E-state index in [0.717, 1.165) is 41.7 Å². The molecule has 4 nitrogen and oxygen atoms in total. The molecule has 1 saturated heterocycles. The molecule has 3 aromatic rings. The van der Waals surface area contributed by atoms with Crippen LogP contribution in [0.2, 0.25) is 5.02 Å². The van der Waals surface area contributed by atoms with Crippen LogP contribution in [0.5, 0.6) is 0 Å². The smallest absolute Gasteiger partial charge is 0.261 e. The van der Waals surface area contributed by atoms with E-state index in [0.29, 0.717) is 17.4 Å². The number of piperidine rings is 1. The van der Waals surface area contributed by atoms with E-state index in [1.165, 1.54) is 16.8 Å². The summed E-state index contributed by atoms with van der Waals surface area (Å²) in [6, 6.07) is 24.7. The molecule has 0 aliphatic carbocycles. The summed E-state index contributed by atoms with van der Waals surface area (Å²) in [6.07, 6.45) is 3.79. The van der Waals surface area contributed by atoms with Crippen LogP contribution < -0.4 is 9.91 Å². The zero-order valence-electron chi connectivity index (χ0n) is 19.6. The van der Waals surface area contributed by atoms with Crippen LogP contribution in [0.3, 0.4) is 0 Å². The van der Waals surface area contributed by atoms with E-state index in [9.17, 15) is 4.79 Å². The minimum absolute atomic E-state index is 0.0679. The molecule has 0 radical (unpaired) electrons. The minimum atomic E-state index is -0.678. The van der Waals surface area contributed by atoms with Gasteiger partial charge in [-0.3, -0.25) is 4.79 Å². The van der Waals surface area contributed by atoms with Crippen molar-refractivity contribution in [2.45, 2.75) is 38.6 Å². The Hall–Kier alpha value is -2.63. The molecular formula is C29H27BrClN3O. The first-order valence-electron chi connectivity index (χ1n) is 12.2. The van der Waals surface area contributed by atoms with Gasteiger partial charge in [0.15, 0.2) is 0 Å². The summed E-state index contributed by atoms with van der Waals surface area (Å²) in [5.41, 5.74) is 4.82. The van der Waals surface area contributed by atoms with Gasteiger partial charge in [-0.05, 0) is 92.1 Å². The molecule has 6 rings (SSSR count). The van der Waals surface area contributed by atoms with Gasteiger partial charge < -0.3 is 4.90 Å². The molecule has 178 valence electrons. The first-order chi connectivity index (χ1) is 17.0. The summed E-state index contributed by atoms with van der Waals surface area (Å²) in [5.74, 6) is 0.594. The van der Waals surface area contributed by atoms with Gasteiger partial charge in [-0.1, -0.05) is 57.9 Å². The molecule has 3 heterocycles.